The summed E-state index contributed by atoms with van der Waals surface area (Å²) in [4.78, 5) is 19.7. The number of esters is 1. The van der Waals surface area contributed by atoms with E-state index in [9.17, 15) is 4.79 Å². The van der Waals surface area contributed by atoms with Crippen LogP contribution in [-0.4, -0.2) is 30.9 Å². The molecular weight excluding hydrogens is 455 g/mol. The SMILES string of the molecule is CC1(C)CCC(NCc2cccc(-c3ccc(C(N)=N/C=N/COC(=O)C(C)(C)C)cc3F)c2)CC1. The molecule has 0 aliphatic heterocycles. The number of halogens is 1. The fourth-order valence-electron chi connectivity index (χ4n) is 4.15. The average Bonchev–Trinajstić information content (AvgIpc) is 2.82. The third-order valence-corrected chi connectivity index (χ3v) is 6.60. The number of carbonyl (C=O) groups is 1. The molecule has 3 N–H and O–H groups in total. The van der Waals surface area contributed by atoms with E-state index in [1.54, 1.807) is 32.9 Å². The van der Waals surface area contributed by atoms with E-state index in [0.717, 1.165) is 17.7 Å². The number of aliphatic imine (C=N–C) groups is 2. The van der Waals surface area contributed by atoms with Gasteiger partial charge in [-0.3, -0.25) is 4.79 Å². The quantitative estimate of drug-likeness (QED) is 0.274. The molecule has 7 heteroatoms. The predicted molar refractivity (Wildman–Crippen MR) is 144 cm³/mol. The molecule has 194 valence electrons. The van der Waals surface area contributed by atoms with Crippen LogP contribution >= 0.6 is 0 Å². The fourth-order valence-corrected chi connectivity index (χ4v) is 4.15. The zero-order valence-electron chi connectivity index (χ0n) is 22.1. The van der Waals surface area contributed by atoms with Gasteiger partial charge < -0.3 is 15.8 Å². The number of carbonyl (C=O) groups excluding carboxylic acids is 1. The molecule has 0 heterocycles. The van der Waals surface area contributed by atoms with Gasteiger partial charge in [0.1, 0.15) is 18.0 Å². The molecular formula is C29H39FN4O2. The van der Waals surface area contributed by atoms with E-state index in [1.807, 2.05) is 18.2 Å². The van der Waals surface area contributed by atoms with Crippen molar-refractivity contribution in [2.75, 3.05) is 6.73 Å². The number of rotatable bonds is 8. The van der Waals surface area contributed by atoms with E-state index >= 15 is 4.39 Å². The summed E-state index contributed by atoms with van der Waals surface area (Å²) in [5.41, 5.74) is 8.75. The summed E-state index contributed by atoms with van der Waals surface area (Å²) in [6.07, 6.45) is 6.08. The molecule has 0 aromatic heterocycles. The molecule has 1 saturated carbocycles. The number of nitrogens with zero attached hydrogens (tertiary/aromatic N) is 2. The second kappa shape index (κ2) is 11.8. The first-order valence-corrected chi connectivity index (χ1v) is 12.6. The number of hydrogen-bond acceptors (Lipinski definition) is 4. The van der Waals surface area contributed by atoms with Crippen molar-refractivity contribution >= 4 is 18.1 Å². The molecule has 2 aromatic rings. The van der Waals surface area contributed by atoms with Crippen molar-refractivity contribution in [3.8, 4) is 11.1 Å². The van der Waals surface area contributed by atoms with E-state index in [2.05, 4.69) is 35.2 Å². The molecule has 0 saturated heterocycles. The second-order valence-corrected chi connectivity index (χ2v) is 11.3. The highest BCUT2D eigenvalue weighted by molar-refractivity contribution is 6.01. The summed E-state index contributed by atoms with van der Waals surface area (Å²) in [6.45, 7) is 10.6. The van der Waals surface area contributed by atoms with Crippen LogP contribution in [0.15, 0.2) is 52.4 Å². The highest BCUT2D eigenvalue weighted by Crippen LogP contribution is 2.35. The average molecular weight is 495 g/mol. The summed E-state index contributed by atoms with van der Waals surface area (Å²) in [5.74, 6) is -0.603. The van der Waals surface area contributed by atoms with Gasteiger partial charge in [0, 0.05) is 23.7 Å². The number of ether oxygens (including phenoxy) is 1. The Kier molecular flexibility index (Phi) is 9.01. The molecule has 1 fully saturated rings. The molecule has 0 amide bonds. The molecule has 0 spiro atoms. The van der Waals surface area contributed by atoms with Gasteiger partial charge in [0.05, 0.1) is 5.41 Å². The van der Waals surface area contributed by atoms with Crippen LogP contribution in [0, 0.1) is 16.6 Å². The molecule has 1 aliphatic rings. The van der Waals surface area contributed by atoms with Crippen molar-refractivity contribution in [1.82, 2.24) is 5.32 Å². The summed E-state index contributed by atoms with van der Waals surface area (Å²) in [6, 6.07) is 13.3. The zero-order valence-corrected chi connectivity index (χ0v) is 22.1. The van der Waals surface area contributed by atoms with Gasteiger partial charge in [0.15, 0.2) is 6.73 Å². The maximum atomic E-state index is 15.0. The minimum atomic E-state index is -0.597. The maximum absolute atomic E-state index is 15.0. The highest BCUT2D eigenvalue weighted by atomic mass is 19.1. The number of nitrogens with one attached hydrogen (secondary N) is 1. The van der Waals surface area contributed by atoms with Gasteiger partial charge in [-0.05, 0) is 75.1 Å². The lowest BCUT2D eigenvalue weighted by atomic mass is 9.75. The number of benzene rings is 2. The van der Waals surface area contributed by atoms with Gasteiger partial charge in [0.25, 0.3) is 0 Å². The Balaban J connectivity index is 1.59. The van der Waals surface area contributed by atoms with Gasteiger partial charge in [-0.1, -0.05) is 44.2 Å². The normalized spacial score (nSPS) is 16.9. The zero-order chi connectivity index (χ0) is 26.3. The standard InChI is InChI=1S/C29H39FN4O2/c1-28(2,3)27(35)36-19-32-18-34-26(31)22-9-10-24(25(30)16-22)21-8-6-7-20(15-21)17-33-23-11-13-29(4,5)14-12-23/h6-10,15-16,18,23,33H,11-14,17,19H2,1-5H3,(H2,31,32,34). The summed E-state index contributed by atoms with van der Waals surface area (Å²) < 4.78 is 20.0. The van der Waals surface area contributed by atoms with Crippen molar-refractivity contribution in [1.29, 1.82) is 0 Å². The van der Waals surface area contributed by atoms with Gasteiger partial charge in [0.2, 0.25) is 0 Å². The van der Waals surface area contributed by atoms with Gasteiger partial charge in [-0.15, -0.1) is 0 Å². The van der Waals surface area contributed by atoms with Crippen molar-refractivity contribution in [2.45, 2.75) is 72.9 Å². The van der Waals surface area contributed by atoms with Crippen molar-refractivity contribution in [3.05, 3.63) is 59.4 Å². The highest BCUT2D eigenvalue weighted by Gasteiger charge is 2.26. The van der Waals surface area contributed by atoms with Crippen LogP contribution in [0.2, 0.25) is 0 Å². The van der Waals surface area contributed by atoms with E-state index in [4.69, 9.17) is 10.5 Å². The van der Waals surface area contributed by atoms with E-state index in [0.29, 0.717) is 22.6 Å². The Bertz CT molecular complexity index is 1110. The van der Waals surface area contributed by atoms with Crippen molar-refractivity contribution in [2.24, 2.45) is 26.5 Å². The first-order valence-electron chi connectivity index (χ1n) is 12.6. The molecule has 3 rings (SSSR count). The number of amidine groups is 1. The Labute approximate surface area is 214 Å². The lowest BCUT2D eigenvalue weighted by Crippen LogP contribution is -2.35. The Morgan fingerprint density at radius 2 is 1.92 bits per heavy atom. The maximum Gasteiger partial charge on any atom is 0.313 e. The first kappa shape index (κ1) is 27.5. The molecule has 0 bridgehead atoms. The minimum Gasteiger partial charge on any atom is -0.442 e. The predicted octanol–water partition coefficient (Wildman–Crippen LogP) is 5.83. The molecule has 0 radical (unpaired) electrons. The largest absolute Gasteiger partial charge is 0.442 e. The van der Waals surface area contributed by atoms with E-state index in [1.165, 1.54) is 38.1 Å². The summed E-state index contributed by atoms with van der Waals surface area (Å²) in [5, 5.41) is 3.67. The van der Waals surface area contributed by atoms with Crippen LogP contribution in [0.4, 0.5) is 4.39 Å². The Hall–Kier alpha value is -3.06. The smallest absolute Gasteiger partial charge is 0.313 e. The molecule has 0 atom stereocenters. The van der Waals surface area contributed by atoms with Crippen LogP contribution in [-0.2, 0) is 16.1 Å². The molecule has 0 unspecified atom stereocenters. The Morgan fingerprint density at radius 1 is 1.19 bits per heavy atom. The van der Waals surface area contributed by atoms with Crippen LogP contribution in [0.1, 0.15) is 71.4 Å². The van der Waals surface area contributed by atoms with Crippen LogP contribution in [0.25, 0.3) is 11.1 Å². The van der Waals surface area contributed by atoms with Gasteiger partial charge in [-0.25, -0.2) is 14.4 Å². The number of nitrogens with two attached hydrogens (primary N) is 1. The van der Waals surface area contributed by atoms with Crippen LogP contribution < -0.4 is 11.1 Å². The lowest BCUT2D eigenvalue weighted by molar-refractivity contribution is -0.152. The minimum absolute atomic E-state index is 0.125. The van der Waals surface area contributed by atoms with Crippen molar-refractivity contribution < 1.29 is 13.9 Å². The summed E-state index contributed by atoms with van der Waals surface area (Å²) in [7, 11) is 0. The third kappa shape index (κ3) is 7.98. The van der Waals surface area contributed by atoms with Gasteiger partial charge in [-0.2, -0.15) is 0 Å². The van der Waals surface area contributed by atoms with Crippen LogP contribution in [0.5, 0.6) is 0 Å². The van der Waals surface area contributed by atoms with Gasteiger partial charge >= 0.3 is 5.97 Å². The monoisotopic (exact) mass is 494 g/mol. The molecule has 2 aromatic carbocycles. The van der Waals surface area contributed by atoms with Crippen LogP contribution in [0.3, 0.4) is 0 Å². The Morgan fingerprint density at radius 3 is 2.58 bits per heavy atom. The summed E-state index contributed by atoms with van der Waals surface area (Å²) >= 11 is 0. The lowest BCUT2D eigenvalue weighted by Gasteiger charge is -2.34. The van der Waals surface area contributed by atoms with Crippen molar-refractivity contribution in [3.63, 3.8) is 0 Å². The molecule has 6 nitrogen and oxygen atoms in total. The molecule has 36 heavy (non-hydrogen) atoms. The molecule has 1 aliphatic carbocycles. The van der Waals surface area contributed by atoms with E-state index < -0.39 is 5.41 Å². The third-order valence-electron chi connectivity index (χ3n) is 6.60. The topological polar surface area (TPSA) is 89.1 Å². The fraction of sp³-hybridized carbons (Fsp3) is 0.483. The first-order chi connectivity index (χ1) is 16.9. The number of hydrogen-bond donors (Lipinski definition) is 2. The van der Waals surface area contributed by atoms with E-state index in [-0.39, 0.29) is 24.4 Å². The second-order valence-electron chi connectivity index (χ2n) is 11.3.